The second-order valence-corrected chi connectivity index (χ2v) is 5.74. The van der Waals surface area contributed by atoms with Gasteiger partial charge in [-0.05, 0) is 32.9 Å². The lowest BCUT2D eigenvalue weighted by molar-refractivity contribution is -0.0172. The summed E-state index contributed by atoms with van der Waals surface area (Å²) in [6.45, 7) is 6.74. The zero-order chi connectivity index (χ0) is 14.8. The van der Waals surface area contributed by atoms with Crippen LogP contribution in [0.3, 0.4) is 0 Å². The van der Waals surface area contributed by atoms with E-state index in [1.54, 1.807) is 0 Å². The summed E-state index contributed by atoms with van der Waals surface area (Å²) in [5, 5.41) is 3.05. The molecular weight excluding hydrogens is 388 g/mol. The van der Waals surface area contributed by atoms with E-state index in [0.717, 1.165) is 0 Å². The predicted octanol–water partition coefficient (Wildman–Crippen LogP) is 2.51. The number of ether oxygens (including phenoxy) is 2. The highest BCUT2D eigenvalue weighted by Crippen LogP contribution is 2.29. The first-order valence-electron chi connectivity index (χ1n) is 6.45. The quantitative estimate of drug-likeness (QED) is 0.448. The fourth-order valence-electron chi connectivity index (χ4n) is 1.97. The number of rotatable bonds is 2. The molecule has 1 heterocycles. The molecule has 3 N–H and O–H groups in total. The molecule has 0 saturated carbocycles. The number of hydrogen-bond donors (Lipinski definition) is 2. The van der Waals surface area contributed by atoms with Gasteiger partial charge in [-0.25, -0.2) is 9.38 Å². The van der Waals surface area contributed by atoms with Crippen molar-refractivity contribution in [2.24, 2.45) is 10.7 Å². The Hall–Kier alpha value is -1.09. The summed E-state index contributed by atoms with van der Waals surface area (Å²) in [6.07, 6.45) is 0. The van der Waals surface area contributed by atoms with Gasteiger partial charge in [0.05, 0.1) is 13.2 Å². The largest absolute Gasteiger partial charge is 0.467 e. The van der Waals surface area contributed by atoms with Crippen LogP contribution in [0.25, 0.3) is 0 Å². The van der Waals surface area contributed by atoms with Gasteiger partial charge in [0.1, 0.15) is 11.6 Å². The number of fused-ring (bicyclic) bond motifs is 1. The SMILES string of the molecule is CC(C)(C)NC(N)=NCc1cc(F)cc2c1OCOC2.I. The average molecular weight is 409 g/mol. The zero-order valence-corrected chi connectivity index (χ0v) is 14.7. The first-order chi connectivity index (χ1) is 9.35. The normalized spacial score (nSPS) is 14.8. The second-order valence-electron chi connectivity index (χ2n) is 5.74. The van der Waals surface area contributed by atoms with Crippen molar-refractivity contribution in [3.05, 3.63) is 29.1 Å². The fraction of sp³-hybridized carbons (Fsp3) is 0.500. The molecule has 1 aromatic rings. The predicted molar refractivity (Wildman–Crippen MR) is 90.3 cm³/mol. The lowest BCUT2D eigenvalue weighted by Gasteiger charge is -2.22. The van der Waals surface area contributed by atoms with Crippen LogP contribution in [-0.4, -0.2) is 18.3 Å². The van der Waals surface area contributed by atoms with Gasteiger partial charge in [0, 0.05) is 16.7 Å². The first-order valence-corrected chi connectivity index (χ1v) is 6.45. The van der Waals surface area contributed by atoms with E-state index in [-0.39, 0.29) is 48.7 Å². The molecule has 0 spiro atoms. The van der Waals surface area contributed by atoms with E-state index in [1.165, 1.54) is 12.1 Å². The van der Waals surface area contributed by atoms with Gasteiger partial charge in [0.2, 0.25) is 0 Å². The van der Waals surface area contributed by atoms with E-state index >= 15 is 0 Å². The summed E-state index contributed by atoms with van der Waals surface area (Å²) in [7, 11) is 0. The third kappa shape index (κ3) is 5.31. The van der Waals surface area contributed by atoms with Crippen molar-refractivity contribution in [1.29, 1.82) is 0 Å². The summed E-state index contributed by atoms with van der Waals surface area (Å²) in [5.41, 5.74) is 7.00. The third-order valence-corrected chi connectivity index (χ3v) is 2.67. The average Bonchev–Trinajstić information content (AvgIpc) is 2.33. The van der Waals surface area contributed by atoms with E-state index in [0.29, 0.717) is 29.4 Å². The maximum absolute atomic E-state index is 13.5. The summed E-state index contributed by atoms with van der Waals surface area (Å²) in [4.78, 5) is 4.22. The molecule has 1 aromatic carbocycles. The van der Waals surface area contributed by atoms with Crippen LogP contribution in [0.4, 0.5) is 4.39 Å². The van der Waals surface area contributed by atoms with E-state index in [9.17, 15) is 4.39 Å². The molecule has 1 aliphatic rings. The molecule has 0 radical (unpaired) electrons. The fourth-order valence-corrected chi connectivity index (χ4v) is 1.97. The number of nitrogens with zero attached hydrogens (tertiary/aromatic N) is 1. The van der Waals surface area contributed by atoms with E-state index in [4.69, 9.17) is 15.2 Å². The van der Waals surface area contributed by atoms with E-state index < -0.39 is 0 Å². The minimum atomic E-state index is -0.328. The molecule has 0 unspecified atom stereocenters. The Morgan fingerprint density at radius 2 is 2.14 bits per heavy atom. The maximum atomic E-state index is 13.5. The molecule has 0 atom stereocenters. The molecular formula is C14H21FIN3O2. The maximum Gasteiger partial charge on any atom is 0.189 e. The molecule has 0 fully saturated rings. The topological polar surface area (TPSA) is 68.9 Å². The van der Waals surface area contributed by atoms with E-state index in [2.05, 4.69) is 10.3 Å². The highest BCUT2D eigenvalue weighted by Gasteiger charge is 2.17. The Bertz CT molecular complexity index is 530. The lowest BCUT2D eigenvalue weighted by Crippen LogP contribution is -2.45. The summed E-state index contributed by atoms with van der Waals surface area (Å²) < 4.78 is 24.1. The van der Waals surface area contributed by atoms with Crippen molar-refractivity contribution in [3.8, 4) is 5.75 Å². The van der Waals surface area contributed by atoms with Gasteiger partial charge in [-0.1, -0.05) is 0 Å². The highest BCUT2D eigenvalue weighted by molar-refractivity contribution is 14.0. The molecule has 118 valence electrons. The zero-order valence-electron chi connectivity index (χ0n) is 12.4. The second kappa shape index (κ2) is 7.26. The van der Waals surface area contributed by atoms with Crippen molar-refractivity contribution in [1.82, 2.24) is 5.32 Å². The van der Waals surface area contributed by atoms with Crippen LogP contribution >= 0.6 is 24.0 Å². The summed E-state index contributed by atoms with van der Waals surface area (Å²) in [5.74, 6) is 0.637. The Kier molecular flexibility index (Phi) is 6.21. The van der Waals surface area contributed by atoms with Gasteiger partial charge in [-0.15, -0.1) is 24.0 Å². The lowest BCUT2D eigenvalue weighted by atomic mass is 10.1. The van der Waals surface area contributed by atoms with Crippen LogP contribution in [0.15, 0.2) is 17.1 Å². The van der Waals surface area contributed by atoms with Crippen molar-refractivity contribution in [2.45, 2.75) is 39.5 Å². The molecule has 21 heavy (non-hydrogen) atoms. The number of nitrogens with two attached hydrogens (primary N) is 1. The first kappa shape index (κ1) is 18.0. The van der Waals surface area contributed by atoms with Gasteiger partial charge in [-0.3, -0.25) is 0 Å². The van der Waals surface area contributed by atoms with Gasteiger partial charge in [-0.2, -0.15) is 0 Å². The van der Waals surface area contributed by atoms with Crippen molar-refractivity contribution in [2.75, 3.05) is 6.79 Å². The summed E-state index contributed by atoms with van der Waals surface area (Å²) >= 11 is 0. The molecule has 0 amide bonds. The Morgan fingerprint density at radius 3 is 2.81 bits per heavy atom. The number of guanidine groups is 1. The minimum absolute atomic E-state index is 0. The minimum Gasteiger partial charge on any atom is -0.467 e. The van der Waals surface area contributed by atoms with Crippen molar-refractivity contribution < 1.29 is 13.9 Å². The number of hydrogen-bond acceptors (Lipinski definition) is 3. The van der Waals surface area contributed by atoms with Gasteiger partial charge < -0.3 is 20.5 Å². The Labute approximate surface area is 141 Å². The summed E-state index contributed by atoms with van der Waals surface area (Å²) in [6, 6.07) is 2.83. The number of halogens is 2. The van der Waals surface area contributed by atoms with E-state index in [1.807, 2.05) is 20.8 Å². The molecule has 5 nitrogen and oxygen atoms in total. The van der Waals surface area contributed by atoms with Gasteiger partial charge in [0.25, 0.3) is 0 Å². The molecule has 7 heteroatoms. The van der Waals surface area contributed by atoms with Crippen LogP contribution in [0.5, 0.6) is 5.75 Å². The van der Waals surface area contributed by atoms with Gasteiger partial charge in [0.15, 0.2) is 12.8 Å². The van der Waals surface area contributed by atoms with Crippen LogP contribution in [-0.2, 0) is 17.9 Å². The highest BCUT2D eigenvalue weighted by atomic mass is 127. The standard InChI is InChI=1S/C14H20FN3O2.HI/c1-14(2,3)18-13(16)17-6-9-4-11(15)5-10-7-19-8-20-12(9)10;/h4-5H,6-8H2,1-3H3,(H3,16,17,18);1H. The van der Waals surface area contributed by atoms with Crippen LogP contribution in [0, 0.1) is 5.82 Å². The van der Waals surface area contributed by atoms with Crippen LogP contribution in [0.2, 0.25) is 0 Å². The van der Waals surface area contributed by atoms with Crippen molar-refractivity contribution in [3.63, 3.8) is 0 Å². The van der Waals surface area contributed by atoms with Crippen LogP contribution < -0.4 is 15.8 Å². The number of aliphatic imine (C=N–C) groups is 1. The number of benzene rings is 1. The smallest absolute Gasteiger partial charge is 0.189 e. The van der Waals surface area contributed by atoms with Crippen LogP contribution in [0.1, 0.15) is 31.9 Å². The number of nitrogens with one attached hydrogen (secondary N) is 1. The monoisotopic (exact) mass is 409 g/mol. The Morgan fingerprint density at radius 1 is 1.43 bits per heavy atom. The molecule has 0 aliphatic carbocycles. The molecule has 0 saturated heterocycles. The molecule has 0 aromatic heterocycles. The Balaban J connectivity index is 0.00000220. The van der Waals surface area contributed by atoms with Crippen molar-refractivity contribution >= 4 is 29.9 Å². The molecule has 1 aliphatic heterocycles. The molecule has 0 bridgehead atoms. The van der Waals surface area contributed by atoms with Gasteiger partial charge >= 0.3 is 0 Å². The third-order valence-electron chi connectivity index (χ3n) is 2.67. The molecule has 2 rings (SSSR count).